The molecule has 0 spiro atoms. The van der Waals surface area contributed by atoms with Gasteiger partial charge in [-0.1, -0.05) is 6.92 Å². The summed E-state index contributed by atoms with van der Waals surface area (Å²) in [6.45, 7) is 5.29. The van der Waals surface area contributed by atoms with Crippen molar-refractivity contribution in [1.82, 2.24) is 4.90 Å². The summed E-state index contributed by atoms with van der Waals surface area (Å²) in [5.41, 5.74) is 0. The number of carboxylic acids is 1. The maximum Gasteiger partial charge on any atom is 0.308 e. The van der Waals surface area contributed by atoms with Gasteiger partial charge < -0.3 is 10.0 Å². The van der Waals surface area contributed by atoms with Crippen molar-refractivity contribution in [3.05, 3.63) is 0 Å². The third-order valence-corrected chi connectivity index (χ3v) is 7.43. The zero-order valence-corrected chi connectivity index (χ0v) is 13.5. The molecule has 1 amide bonds. The summed E-state index contributed by atoms with van der Waals surface area (Å²) in [6.07, 6.45) is 1.76. The first kappa shape index (κ1) is 16.3. The van der Waals surface area contributed by atoms with E-state index in [1.807, 2.05) is 6.92 Å². The number of hydrogen-bond donors (Lipinski definition) is 1. The number of aliphatic carboxylic acids is 1. The average molecular weight is 317 g/mol. The van der Waals surface area contributed by atoms with Gasteiger partial charge in [0, 0.05) is 13.1 Å². The molecule has 2 atom stereocenters. The highest BCUT2D eigenvalue weighted by atomic mass is 32.2. The van der Waals surface area contributed by atoms with E-state index in [2.05, 4.69) is 0 Å². The maximum atomic E-state index is 12.7. The van der Waals surface area contributed by atoms with Crippen LogP contribution >= 0.6 is 0 Å². The van der Waals surface area contributed by atoms with E-state index < -0.39 is 37.6 Å². The van der Waals surface area contributed by atoms with E-state index in [-0.39, 0.29) is 12.5 Å². The Morgan fingerprint density at radius 3 is 2.24 bits per heavy atom. The third-order valence-electron chi connectivity index (χ3n) is 4.49. The standard InChI is InChI=1S/C14H23NO5S/c1-9-6-10(12(16)17)8-15(7-9)13(18)14(2,3)21(19,20)11-4-5-11/h9-11H,4-8H2,1-3H3,(H,16,17). The number of hydrogen-bond acceptors (Lipinski definition) is 4. The third kappa shape index (κ3) is 2.93. The molecule has 0 bridgehead atoms. The molecular weight excluding hydrogens is 294 g/mol. The van der Waals surface area contributed by atoms with Crippen molar-refractivity contribution in [2.75, 3.05) is 13.1 Å². The van der Waals surface area contributed by atoms with Crippen LogP contribution in [0.3, 0.4) is 0 Å². The molecule has 1 aliphatic heterocycles. The Labute approximate surface area is 125 Å². The van der Waals surface area contributed by atoms with E-state index in [4.69, 9.17) is 5.11 Å². The molecule has 1 saturated carbocycles. The monoisotopic (exact) mass is 317 g/mol. The molecule has 0 aromatic rings. The SMILES string of the molecule is CC1CC(C(=O)O)CN(C(=O)C(C)(C)S(=O)(=O)C2CC2)C1. The summed E-state index contributed by atoms with van der Waals surface area (Å²) in [5, 5.41) is 8.75. The Morgan fingerprint density at radius 1 is 1.19 bits per heavy atom. The molecule has 1 N–H and O–H groups in total. The van der Waals surface area contributed by atoms with Gasteiger partial charge in [-0.15, -0.1) is 0 Å². The predicted molar refractivity (Wildman–Crippen MR) is 77.5 cm³/mol. The molecule has 2 rings (SSSR count). The quantitative estimate of drug-likeness (QED) is 0.832. The minimum absolute atomic E-state index is 0.0585. The summed E-state index contributed by atoms with van der Waals surface area (Å²) < 4.78 is 23.4. The maximum absolute atomic E-state index is 12.7. The molecule has 0 aromatic heterocycles. The van der Waals surface area contributed by atoms with E-state index in [1.54, 1.807) is 0 Å². The predicted octanol–water partition coefficient (Wildman–Crippen LogP) is 0.911. The number of nitrogens with zero attached hydrogens (tertiary/aromatic N) is 1. The molecule has 2 unspecified atom stereocenters. The number of carbonyl (C=O) groups is 2. The second-order valence-corrected chi connectivity index (χ2v) is 9.62. The van der Waals surface area contributed by atoms with Gasteiger partial charge in [0.25, 0.3) is 0 Å². The van der Waals surface area contributed by atoms with Crippen molar-refractivity contribution in [1.29, 1.82) is 0 Å². The van der Waals surface area contributed by atoms with Crippen LogP contribution in [0.5, 0.6) is 0 Å². The average Bonchev–Trinajstić information content (AvgIpc) is 3.21. The van der Waals surface area contributed by atoms with E-state index in [0.717, 1.165) is 0 Å². The molecule has 1 saturated heterocycles. The van der Waals surface area contributed by atoms with E-state index >= 15 is 0 Å². The smallest absolute Gasteiger partial charge is 0.308 e. The molecule has 120 valence electrons. The van der Waals surface area contributed by atoms with Crippen molar-refractivity contribution >= 4 is 21.7 Å². The summed E-state index contributed by atoms with van der Waals surface area (Å²) in [6, 6.07) is 0. The van der Waals surface area contributed by atoms with Crippen molar-refractivity contribution < 1.29 is 23.1 Å². The summed E-state index contributed by atoms with van der Waals surface area (Å²) in [5.74, 6) is -1.95. The lowest BCUT2D eigenvalue weighted by atomic mass is 9.90. The molecule has 2 aliphatic rings. The van der Waals surface area contributed by atoms with Gasteiger partial charge in [-0.25, -0.2) is 8.42 Å². The second kappa shape index (κ2) is 5.26. The molecule has 6 nitrogen and oxygen atoms in total. The van der Waals surface area contributed by atoms with Crippen LogP contribution in [0.4, 0.5) is 0 Å². The lowest BCUT2D eigenvalue weighted by Crippen LogP contribution is -2.55. The first-order valence-corrected chi connectivity index (χ1v) is 8.87. The zero-order valence-electron chi connectivity index (χ0n) is 12.7. The van der Waals surface area contributed by atoms with Crippen LogP contribution in [0, 0.1) is 11.8 Å². The van der Waals surface area contributed by atoms with Crippen LogP contribution in [-0.2, 0) is 19.4 Å². The summed E-state index contributed by atoms with van der Waals surface area (Å²) >= 11 is 0. The van der Waals surface area contributed by atoms with Crippen molar-refractivity contribution in [2.24, 2.45) is 11.8 Å². The number of amides is 1. The molecule has 7 heteroatoms. The highest BCUT2D eigenvalue weighted by molar-refractivity contribution is 7.94. The molecular formula is C14H23NO5S. The van der Waals surface area contributed by atoms with Gasteiger partial charge in [0.1, 0.15) is 4.75 Å². The molecule has 1 heterocycles. The number of piperidine rings is 1. The van der Waals surface area contributed by atoms with E-state index in [9.17, 15) is 18.0 Å². The van der Waals surface area contributed by atoms with Crippen LogP contribution in [-0.4, -0.2) is 53.4 Å². The number of rotatable bonds is 4. The number of carboxylic acid groups (broad SMARTS) is 1. The van der Waals surface area contributed by atoms with Crippen LogP contribution in [0.15, 0.2) is 0 Å². The van der Waals surface area contributed by atoms with E-state index in [0.29, 0.717) is 25.8 Å². The second-order valence-electron chi connectivity index (χ2n) is 6.84. The van der Waals surface area contributed by atoms with Crippen LogP contribution in [0.1, 0.15) is 40.0 Å². The largest absolute Gasteiger partial charge is 0.481 e. The van der Waals surface area contributed by atoms with Gasteiger partial charge in [0.15, 0.2) is 9.84 Å². The Hall–Kier alpha value is -1.11. The highest BCUT2D eigenvalue weighted by Crippen LogP contribution is 2.37. The first-order chi connectivity index (χ1) is 9.57. The topological polar surface area (TPSA) is 91.8 Å². The van der Waals surface area contributed by atoms with Crippen molar-refractivity contribution in [2.45, 2.75) is 50.0 Å². The Balaban J connectivity index is 2.20. The fourth-order valence-electron chi connectivity index (χ4n) is 2.99. The van der Waals surface area contributed by atoms with Gasteiger partial charge in [0.2, 0.25) is 5.91 Å². The van der Waals surface area contributed by atoms with Crippen LogP contribution in [0.2, 0.25) is 0 Å². The lowest BCUT2D eigenvalue weighted by molar-refractivity contribution is -0.147. The Kier molecular flexibility index (Phi) is 4.08. The minimum Gasteiger partial charge on any atom is -0.481 e. The van der Waals surface area contributed by atoms with Crippen LogP contribution < -0.4 is 0 Å². The Bertz CT molecular complexity index is 550. The van der Waals surface area contributed by atoms with Gasteiger partial charge >= 0.3 is 5.97 Å². The number of likely N-dealkylation sites (tertiary alicyclic amines) is 1. The van der Waals surface area contributed by atoms with Crippen molar-refractivity contribution in [3.8, 4) is 0 Å². The fraction of sp³-hybridized carbons (Fsp3) is 0.857. The van der Waals surface area contributed by atoms with Crippen molar-refractivity contribution in [3.63, 3.8) is 0 Å². The van der Waals surface area contributed by atoms with Gasteiger partial charge in [-0.05, 0) is 39.0 Å². The summed E-state index contributed by atoms with van der Waals surface area (Å²) in [7, 11) is -3.51. The first-order valence-electron chi connectivity index (χ1n) is 7.33. The van der Waals surface area contributed by atoms with Gasteiger partial charge in [-0.3, -0.25) is 9.59 Å². The molecule has 1 aliphatic carbocycles. The van der Waals surface area contributed by atoms with Gasteiger partial charge in [0.05, 0.1) is 11.2 Å². The molecule has 0 radical (unpaired) electrons. The summed E-state index contributed by atoms with van der Waals surface area (Å²) in [4.78, 5) is 25.3. The molecule has 21 heavy (non-hydrogen) atoms. The molecule has 0 aromatic carbocycles. The normalized spacial score (nSPS) is 27.5. The van der Waals surface area contributed by atoms with Crippen LogP contribution in [0.25, 0.3) is 0 Å². The minimum atomic E-state index is -3.51. The Morgan fingerprint density at radius 2 is 1.76 bits per heavy atom. The fourth-order valence-corrected chi connectivity index (χ4v) is 4.96. The zero-order chi connectivity index (χ0) is 16.0. The number of sulfone groups is 1. The number of carbonyl (C=O) groups excluding carboxylic acids is 1. The highest BCUT2D eigenvalue weighted by Gasteiger charge is 2.52. The van der Waals surface area contributed by atoms with E-state index in [1.165, 1.54) is 18.7 Å². The lowest BCUT2D eigenvalue weighted by Gasteiger charge is -2.38. The van der Waals surface area contributed by atoms with Gasteiger partial charge in [-0.2, -0.15) is 0 Å². The molecule has 2 fully saturated rings.